The Bertz CT molecular complexity index is 663. The van der Waals surface area contributed by atoms with Crippen molar-refractivity contribution in [3.63, 3.8) is 0 Å². The number of carbonyl (C=O) groups is 2. The summed E-state index contributed by atoms with van der Waals surface area (Å²) in [4.78, 5) is 23.0. The maximum atomic E-state index is 11.5. The number of ether oxygens (including phenoxy) is 2. The van der Waals surface area contributed by atoms with Gasteiger partial charge in [0.05, 0.1) is 0 Å². The van der Waals surface area contributed by atoms with E-state index in [0.29, 0.717) is 0 Å². The summed E-state index contributed by atoms with van der Waals surface area (Å²) >= 11 is 0. The molecular formula is C14H13N2O6P. The fourth-order valence-corrected chi connectivity index (χ4v) is 2.00. The number of nitrogens with one attached hydrogen (secondary N) is 1. The zero-order chi connectivity index (χ0) is 16.7. The molecule has 0 atom stereocenters. The molecule has 120 valence electrons. The Hall–Kier alpha value is -2.83. The zero-order valence-corrected chi connectivity index (χ0v) is 12.6. The summed E-state index contributed by atoms with van der Waals surface area (Å²) in [6, 6.07) is 16.0. The lowest BCUT2D eigenvalue weighted by atomic mass is 10.3. The second kappa shape index (κ2) is 7.44. The largest absolute Gasteiger partial charge is 0.520 e. The van der Waals surface area contributed by atoms with Gasteiger partial charge >= 0.3 is 20.0 Å². The smallest absolute Gasteiger partial charge is 0.395 e. The van der Waals surface area contributed by atoms with Crippen LogP contribution in [0.5, 0.6) is 11.5 Å². The van der Waals surface area contributed by atoms with Gasteiger partial charge in [0.15, 0.2) is 0 Å². The molecule has 9 heteroatoms. The fraction of sp³-hybridized carbons (Fsp3) is 0. The van der Waals surface area contributed by atoms with Gasteiger partial charge in [0.2, 0.25) is 0 Å². The summed E-state index contributed by atoms with van der Waals surface area (Å²) in [5, 5.41) is 7.56. The standard InChI is InChI=1S/C14H13N2O6P/c15-23(16,21-13(17)19-11-7-3-1-4-8-11)22-14(18)20-12-9-5-2-6-10-12/h1-10H,(H3,15,16). The van der Waals surface area contributed by atoms with E-state index in [0.717, 1.165) is 0 Å². The van der Waals surface area contributed by atoms with Crippen LogP contribution in [-0.2, 0) is 9.05 Å². The Labute approximate surface area is 131 Å². The van der Waals surface area contributed by atoms with E-state index in [1.165, 1.54) is 24.3 Å². The van der Waals surface area contributed by atoms with Crippen LogP contribution in [0.4, 0.5) is 9.59 Å². The number of nitrogens with two attached hydrogens (primary N) is 1. The molecule has 0 heterocycles. The summed E-state index contributed by atoms with van der Waals surface area (Å²) < 4.78 is 18.6. The second-order valence-corrected chi connectivity index (χ2v) is 5.67. The highest BCUT2D eigenvalue weighted by molar-refractivity contribution is 7.53. The summed E-state index contributed by atoms with van der Waals surface area (Å²) in [6.07, 6.45) is -2.51. The first-order valence-electron chi connectivity index (χ1n) is 6.30. The normalized spacial score (nSPS) is 10.5. The molecule has 0 aliphatic rings. The molecule has 8 nitrogen and oxygen atoms in total. The van der Waals surface area contributed by atoms with E-state index in [-0.39, 0.29) is 11.5 Å². The zero-order valence-electron chi connectivity index (χ0n) is 11.7. The van der Waals surface area contributed by atoms with Crippen molar-refractivity contribution in [2.45, 2.75) is 0 Å². The molecule has 2 aromatic rings. The maximum absolute atomic E-state index is 11.5. The number of carbonyl (C=O) groups excluding carboxylic acids is 2. The van der Waals surface area contributed by atoms with Crippen LogP contribution in [0.2, 0.25) is 0 Å². The molecule has 0 bridgehead atoms. The van der Waals surface area contributed by atoms with Gasteiger partial charge in [-0.3, -0.25) is 0 Å². The maximum Gasteiger partial charge on any atom is 0.520 e. The second-order valence-electron chi connectivity index (χ2n) is 4.11. The van der Waals surface area contributed by atoms with Crippen molar-refractivity contribution in [3.05, 3.63) is 60.7 Å². The van der Waals surface area contributed by atoms with Gasteiger partial charge in [0, 0.05) is 0 Å². The number of para-hydroxylation sites is 2. The minimum absolute atomic E-state index is 0.198. The van der Waals surface area contributed by atoms with E-state index < -0.39 is 20.0 Å². The number of benzene rings is 2. The predicted octanol–water partition coefficient (Wildman–Crippen LogP) is 3.90. The van der Waals surface area contributed by atoms with Crippen molar-refractivity contribution < 1.29 is 28.1 Å². The molecule has 0 aromatic heterocycles. The van der Waals surface area contributed by atoms with Crippen LogP contribution in [0.15, 0.2) is 60.7 Å². The number of rotatable bonds is 4. The van der Waals surface area contributed by atoms with Crippen molar-refractivity contribution in [2.75, 3.05) is 0 Å². The Balaban J connectivity index is 1.87. The van der Waals surface area contributed by atoms with Crippen molar-refractivity contribution in [1.29, 1.82) is 5.16 Å². The van der Waals surface area contributed by atoms with Gasteiger partial charge < -0.3 is 18.5 Å². The predicted molar refractivity (Wildman–Crippen MR) is 80.9 cm³/mol. The van der Waals surface area contributed by atoms with Gasteiger partial charge in [0.25, 0.3) is 0 Å². The Morgan fingerprint density at radius 3 is 1.48 bits per heavy atom. The van der Waals surface area contributed by atoms with Crippen LogP contribution in [0.25, 0.3) is 0 Å². The van der Waals surface area contributed by atoms with E-state index in [1.807, 2.05) is 0 Å². The van der Waals surface area contributed by atoms with Gasteiger partial charge in [0.1, 0.15) is 11.5 Å². The molecule has 23 heavy (non-hydrogen) atoms. The molecule has 0 unspecified atom stereocenters. The highest BCUT2D eigenvalue weighted by Crippen LogP contribution is 2.41. The third kappa shape index (κ3) is 5.82. The quantitative estimate of drug-likeness (QED) is 0.493. The lowest BCUT2D eigenvalue weighted by molar-refractivity contribution is 0.133. The van der Waals surface area contributed by atoms with E-state index in [4.69, 9.17) is 20.1 Å². The molecule has 0 aliphatic heterocycles. The Morgan fingerprint density at radius 2 is 1.13 bits per heavy atom. The van der Waals surface area contributed by atoms with Crippen molar-refractivity contribution in [3.8, 4) is 11.5 Å². The van der Waals surface area contributed by atoms with Crippen LogP contribution < -0.4 is 15.0 Å². The van der Waals surface area contributed by atoms with Gasteiger partial charge in [-0.2, -0.15) is 0 Å². The molecule has 0 saturated heterocycles. The lowest BCUT2D eigenvalue weighted by Gasteiger charge is -2.15. The van der Waals surface area contributed by atoms with E-state index in [1.54, 1.807) is 36.4 Å². The monoisotopic (exact) mass is 336 g/mol. The Morgan fingerprint density at radius 1 is 0.783 bits per heavy atom. The van der Waals surface area contributed by atoms with Crippen LogP contribution in [0.1, 0.15) is 0 Å². The van der Waals surface area contributed by atoms with Crippen LogP contribution in [0.3, 0.4) is 0 Å². The van der Waals surface area contributed by atoms with Gasteiger partial charge in [-0.1, -0.05) is 36.4 Å². The molecule has 2 aromatic carbocycles. The topological polar surface area (TPSA) is 121 Å². The minimum Gasteiger partial charge on any atom is -0.395 e. The van der Waals surface area contributed by atoms with E-state index in [9.17, 15) is 9.59 Å². The van der Waals surface area contributed by atoms with Crippen LogP contribution >= 0.6 is 7.66 Å². The number of hydrogen-bond donors (Lipinski definition) is 2. The summed E-state index contributed by atoms with van der Waals surface area (Å²) in [5.41, 5.74) is 5.36. The highest BCUT2D eigenvalue weighted by atomic mass is 31.2. The van der Waals surface area contributed by atoms with Crippen LogP contribution in [-0.4, -0.2) is 12.3 Å². The molecule has 0 fully saturated rings. The molecule has 0 saturated carbocycles. The van der Waals surface area contributed by atoms with Crippen LogP contribution in [0, 0.1) is 5.16 Å². The third-order valence-electron chi connectivity index (χ3n) is 2.31. The molecule has 0 radical (unpaired) electrons. The average Bonchev–Trinajstić information content (AvgIpc) is 2.47. The average molecular weight is 336 g/mol. The van der Waals surface area contributed by atoms with Gasteiger partial charge in [-0.15, -0.1) is 0 Å². The highest BCUT2D eigenvalue weighted by Gasteiger charge is 2.26. The molecule has 0 spiro atoms. The fourth-order valence-electron chi connectivity index (χ4n) is 1.45. The first-order chi connectivity index (χ1) is 10.9. The lowest BCUT2D eigenvalue weighted by Crippen LogP contribution is -2.18. The molecule has 2 rings (SSSR count). The SMILES string of the molecule is N=P(N)(OC(=O)Oc1ccccc1)OC(=O)Oc1ccccc1. The Kier molecular flexibility index (Phi) is 5.35. The molecule has 0 amide bonds. The first kappa shape index (κ1) is 16.5. The minimum atomic E-state index is -4.03. The van der Waals surface area contributed by atoms with Gasteiger partial charge in [-0.25, -0.2) is 20.3 Å². The van der Waals surface area contributed by atoms with Crippen molar-refractivity contribution in [2.24, 2.45) is 5.50 Å². The van der Waals surface area contributed by atoms with Crippen molar-refractivity contribution >= 4 is 20.0 Å². The summed E-state index contributed by atoms with van der Waals surface area (Å²) in [7, 11) is -4.03. The van der Waals surface area contributed by atoms with E-state index >= 15 is 0 Å². The summed E-state index contributed by atoms with van der Waals surface area (Å²) in [6.45, 7) is 0. The molecule has 3 N–H and O–H groups in total. The summed E-state index contributed by atoms with van der Waals surface area (Å²) in [5.74, 6) is 0.397. The van der Waals surface area contributed by atoms with Crippen molar-refractivity contribution in [1.82, 2.24) is 0 Å². The first-order valence-corrected chi connectivity index (χ1v) is 8.00. The van der Waals surface area contributed by atoms with Gasteiger partial charge in [-0.05, 0) is 24.3 Å². The molecular weight excluding hydrogens is 323 g/mol. The third-order valence-corrected chi connectivity index (χ3v) is 3.15. The molecule has 0 aliphatic carbocycles. The van der Waals surface area contributed by atoms with E-state index in [2.05, 4.69) is 9.05 Å². The number of hydrogen-bond acceptors (Lipinski definition) is 7.